The van der Waals surface area contributed by atoms with Crippen molar-refractivity contribution in [1.29, 1.82) is 0 Å². The average Bonchev–Trinajstić information content (AvgIpc) is 2.34. The minimum atomic E-state index is -0.669. The molecule has 0 bridgehead atoms. The highest BCUT2D eigenvalue weighted by atomic mass is 16.8. The Labute approximate surface area is 71.1 Å². The molecule has 70 valence electrons. The maximum absolute atomic E-state index is 9.44. The Morgan fingerprint density at radius 2 is 1.50 bits per heavy atom. The van der Waals surface area contributed by atoms with E-state index in [2.05, 4.69) is 0 Å². The van der Waals surface area contributed by atoms with Gasteiger partial charge in [0.25, 0.3) is 0 Å². The topological polar surface area (TPSA) is 58.9 Å². The van der Waals surface area contributed by atoms with Gasteiger partial charge in [0.15, 0.2) is 5.79 Å². The minimum absolute atomic E-state index is 0.352. The number of hydrogen-bond donors (Lipinski definition) is 2. The van der Waals surface area contributed by atoms with Crippen molar-refractivity contribution in [2.24, 2.45) is 0 Å². The van der Waals surface area contributed by atoms with Crippen molar-refractivity contribution >= 4 is 0 Å². The van der Waals surface area contributed by atoms with E-state index in [-0.39, 0.29) is 12.2 Å². The van der Waals surface area contributed by atoms with Crippen LogP contribution >= 0.6 is 0 Å². The molecule has 2 fully saturated rings. The van der Waals surface area contributed by atoms with Gasteiger partial charge in [0, 0.05) is 6.42 Å². The zero-order valence-corrected chi connectivity index (χ0v) is 7.23. The highest BCUT2D eigenvalue weighted by Gasteiger charge is 2.53. The van der Waals surface area contributed by atoms with Crippen LogP contribution in [0.5, 0.6) is 0 Å². The fourth-order valence-electron chi connectivity index (χ4n) is 1.93. The number of rotatable bonds is 0. The smallest absolute Gasteiger partial charge is 0.164 e. The van der Waals surface area contributed by atoms with Crippen LogP contribution in [0, 0.1) is 0 Å². The molecule has 2 rings (SSSR count). The molecule has 0 aromatic rings. The van der Waals surface area contributed by atoms with Crippen molar-refractivity contribution < 1.29 is 19.7 Å². The normalized spacial score (nSPS) is 51.0. The van der Waals surface area contributed by atoms with Crippen molar-refractivity contribution in [1.82, 2.24) is 0 Å². The summed E-state index contributed by atoms with van der Waals surface area (Å²) in [7, 11) is 0. The molecule has 1 aliphatic heterocycles. The standard InChI is InChI=1S/C8H14O4/c1-8(2)11-6-4(9)3-5(10)7(6)12-8/h4-7,9-10H,3H2,1-2H3/t4-,5-,6-,7+/m0/s1. The van der Waals surface area contributed by atoms with Crippen molar-refractivity contribution in [2.45, 2.75) is 50.5 Å². The second-order valence-corrected chi connectivity index (χ2v) is 3.94. The molecule has 0 spiro atoms. The molecule has 1 heterocycles. The largest absolute Gasteiger partial charge is 0.390 e. The van der Waals surface area contributed by atoms with Crippen LogP contribution in [0.2, 0.25) is 0 Å². The molecule has 4 nitrogen and oxygen atoms in total. The Kier molecular flexibility index (Phi) is 1.70. The van der Waals surface area contributed by atoms with Crippen molar-refractivity contribution in [3.63, 3.8) is 0 Å². The van der Waals surface area contributed by atoms with Gasteiger partial charge in [-0.05, 0) is 13.8 Å². The quantitative estimate of drug-likeness (QED) is 0.526. The Morgan fingerprint density at radius 1 is 1.08 bits per heavy atom. The molecule has 0 unspecified atom stereocenters. The molecule has 1 saturated heterocycles. The number of ether oxygens (including phenoxy) is 2. The zero-order valence-electron chi connectivity index (χ0n) is 7.23. The van der Waals surface area contributed by atoms with Gasteiger partial charge in [-0.3, -0.25) is 0 Å². The molecule has 0 radical (unpaired) electrons. The van der Waals surface area contributed by atoms with Crippen LogP contribution in [0.1, 0.15) is 20.3 Å². The molecule has 12 heavy (non-hydrogen) atoms. The van der Waals surface area contributed by atoms with Crippen LogP contribution in [0.15, 0.2) is 0 Å². The third-order valence-electron chi connectivity index (χ3n) is 2.41. The molecule has 4 heteroatoms. The summed E-state index contributed by atoms with van der Waals surface area (Å²) in [4.78, 5) is 0. The number of fused-ring (bicyclic) bond motifs is 1. The van der Waals surface area contributed by atoms with Gasteiger partial charge in [-0.15, -0.1) is 0 Å². The van der Waals surface area contributed by atoms with Gasteiger partial charge in [0.05, 0.1) is 12.2 Å². The molecule has 0 aromatic carbocycles. The molecule has 0 amide bonds. The van der Waals surface area contributed by atoms with Gasteiger partial charge in [0.2, 0.25) is 0 Å². The summed E-state index contributed by atoms with van der Waals surface area (Å²) in [5, 5.41) is 18.9. The van der Waals surface area contributed by atoms with E-state index in [4.69, 9.17) is 9.47 Å². The van der Waals surface area contributed by atoms with E-state index >= 15 is 0 Å². The van der Waals surface area contributed by atoms with Crippen molar-refractivity contribution in [3.8, 4) is 0 Å². The Balaban J connectivity index is 2.15. The SMILES string of the molecule is CC1(C)O[C@@H]2[C@H](O1)[C@@H](O)C[C@@H]2O. The maximum atomic E-state index is 9.44. The van der Waals surface area contributed by atoms with E-state index in [1.165, 1.54) is 0 Å². The highest BCUT2D eigenvalue weighted by Crippen LogP contribution is 2.38. The van der Waals surface area contributed by atoms with Gasteiger partial charge >= 0.3 is 0 Å². The van der Waals surface area contributed by atoms with Gasteiger partial charge in [-0.2, -0.15) is 0 Å². The molecule has 2 aliphatic rings. The highest BCUT2D eigenvalue weighted by molar-refractivity contribution is 4.98. The second-order valence-electron chi connectivity index (χ2n) is 3.94. The summed E-state index contributed by atoms with van der Waals surface area (Å²) in [6, 6.07) is 0. The number of aliphatic hydroxyl groups is 2. The predicted octanol–water partition coefficient (Wildman–Crippen LogP) is -0.368. The van der Waals surface area contributed by atoms with E-state index in [9.17, 15) is 10.2 Å². The molecule has 1 aliphatic carbocycles. The lowest BCUT2D eigenvalue weighted by molar-refractivity contribution is -0.171. The summed E-state index contributed by atoms with van der Waals surface area (Å²) in [5.74, 6) is -0.669. The first-order chi connectivity index (χ1) is 5.49. The number of hydrogen-bond acceptors (Lipinski definition) is 4. The van der Waals surface area contributed by atoms with E-state index in [1.807, 2.05) is 0 Å². The summed E-state index contributed by atoms with van der Waals surface area (Å²) in [6.45, 7) is 3.56. The minimum Gasteiger partial charge on any atom is -0.390 e. The van der Waals surface area contributed by atoms with E-state index in [0.717, 1.165) is 0 Å². The molecule has 1 saturated carbocycles. The molecular weight excluding hydrogens is 160 g/mol. The van der Waals surface area contributed by atoms with E-state index < -0.39 is 18.0 Å². The fourth-order valence-corrected chi connectivity index (χ4v) is 1.93. The molecule has 4 atom stereocenters. The third kappa shape index (κ3) is 1.15. The van der Waals surface area contributed by atoms with Crippen molar-refractivity contribution in [3.05, 3.63) is 0 Å². The lowest BCUT2D eigenvalue weighted by Gasteiger charge is -2.20. The Morgan fingerprint density at radius 3 is 1.92 bits per heavy atom. The number of aliphatic hydroxyl groups excluding tert-OH is 2. The predicted molar refractivity (Wildman–Crippen MR) is 40.5 cm³/mol. The first kappa shape index (κ1) is 8.44. The first-order valence-electron chi connectivity index (χ1n) is 4.21. The molecule has 2 N–H and O–H groups in total. The Hall–Kier alpha value is -0.160. The fraction of sp³-hybridized carbons (Fsp3) is 1.00. The summed E-state index contributed by atoms with van der Waals surface area (Å²) < 4.78 is 10.8. The monoisotopic (exact) mass is 174 g/mol. The van der Waals surface area contributed by atoms with Crippen LogP contribution in [-0.4, -0.2) is 40.4 Å². The summed E-state index contributed by atoms with van der Waals surface area (Å²) in [6.07, 6.45) is -1.53. The first-order valence-corrected chi connectivity index (χ1v) is 4.21. The van der Waals surface area contributed by atoms with Gasteiger partial charge < -0.3 is 19.7 Å². The van der Waals surface area contributed by atoms with E-state index in [0.29, 0.717) is 6.42 Å². The van der Waals surface area contributed by atoms with E-state index in [1.54, 1.807) is 13.8 Å². The lowest BCUT2D eigenvalue weighted by atomic mass is 10.2. The summed E-state index contributed by atoms with van der Waals surface area (Å²) >= 11 is 0. The van der Waals surface area contributed by atoms with Crippen LogP contribution < -0.4 is 0 Å². The third-order valence-corrected chi connectivity index (χ3v) is 2.41. The van der Waals surface area contributed by atoms with Crippen molar-refractivity contribution in [2.75, 3.05) is 0 Å². The van der Waals surface area contributed by atoms with Crippen LogP contribution in [0.4, 0.5) is 0 Å². The molecule has 0 aromatic heterocycles. The van der Waals surface area contributed by atoms with Gasteiger partial charge in [-0.25, -0.2) is 0 Å². The Bertz CT molecular complexity index is 173. The maximum Gasteiger partial charge on any atom is 0.164 e. The van der Waals surface area contributed by atoms with Gasteiger partial charge in [0.1, 0.15) is 12.2 Å². The average molecular weight is 174 g/mol. The van der Waals surface area contributed by atoms with Crippen LogP contribution in [0.25, 0.3) is 0 Å². The van der Waals surface area contributed by atoms with Gasteiger partial charge in [-0.1, -0.05) is 0 Å². The molecular formula is C8H14O4. The van der Waals surface area contributed by atoms with Crippen LogP contribution in [0.3, 0.4) is 0 Å². The lowest BCUT2D eigenvalue weighted by Crippen LogP contribution is -2.29. The summed E-state index contributed by atoms with van der Waals surface area (Å²) in [5.41, 5.74) is 0. The zero-order chi connectivity index (χ0) is 8.93. The van der Waals surface area contributed by atoms with Crippen LogP contribution in [-0.2, 0) is 9.47 Å². The second kappa shape index (κ2) is 2.42.